The zero-order valence-corrected chi connectivity index (χ0v) is 10.1. The van der Waals surface area contributed by atoms with E-state index >= 15 is 0 Å². The van der Waals surface area contributed by atoms with E-state index in [4.69, 9.17) is 0 Å². The summed E-state index contributed by atoms with van der Waals surface area (Å²) in [5.41, 5.74) is 0.103. The maximum absolute atomic E-state index is 13.5. The molecule has 16 heavy (non-hydrogen) atoms. The molecule has 5 heteroatoms. The van der Waals surface area contributed by atoms with Crippen LogP contribution in [0.1, 0.15) is 19.3 Å². The molecule has 2 nitrogen and oxygen atoms in total. The number of hydrogen-bond acceptors (Lipinski definition) is 2. The largest absolute Gasteiger partial charge is 0.391 e. The number of nitrogens with one attached hydrogen (secondary N) is 1. The molecule has 0 aliphatic heterocycles. The molecule has 0 amide bonds. The van der Waals surface area contributed by atoms with Crippen LogP contribution in [0.25, 0.3) is 0 Å². The third-order valence-electron chi connectivity index (χ3n) is 2.83. The predicted octanol–water partition coefficient (Wildman–Crippen LogP) is 3.05. The maximum Gasteiger partial charge on any atom is 0.147 e. The van der Waals surface area contributed by atoms with Gasteiger partial charge < -0.3 is 10.4 Å². The molecule has 1 aromatic rings. The first kappa shape index (κ1) is 11.8. The van der Waals surface area contributed by atoms with Crippen LogP contribution in [0.5, 0.6) is 0 Å². The van der Waals surface area contributed by atoms with Gasteiger partial charge in [-0.15, -0.1) is 0 Å². The van der Waals surface area contributed by atoms with Crippen LogP contribution in [0.4, 0.5) is 14.5 Å². The molecule has 1 aromatic carbocycles. The first-order chi connectivity index (χ1) is 7.58. The normalized spacial score (nSPS) is 24.8. The van der Waals surface area contributed by atoms with Crippen molar-refractivity contribution in [3.8, 4) is 0 Å². The number of hydrogen-bond donors (Lipinski definition) is 2. The van der Waals surface area contributed by atoms with E-state index in [2.05, 4.69) is 21.2 Å². The summed E-state index contributed by atoms with van der Waals surface area (Å²) < 4.78 is 26.8. The van der Waals surface area contributed by atoms with Gasteiger partial charge in [0.05, 0.1) is 22.3 Å². The minimum atomic E-state index is -0.521. The van der Waals surface area contributed by atoms with Crippen LogP contribution in [-0.2, 0) is 0 Å². The van der Waals surface area contributed by atoms with Gasteiger partial charge in [0, 0.05) is 6.07 Å². The van der Waals surface area contributed by atoms with Crippen LogP contribution >= 0.6 is 15.9 Å². The molecule has 0 bridgehead atoms. The smallest absolute Gasteiger partial charge is 0.147 e. The molecule has 2 atom stereocenters. The van der Waals surface area contributed by atoms with Crippen molar-refractivity contribution < 1.29 is 13.9 Å². The summed E-state index contributed by atoms with van der Waals surface area (Å²) >= 11 is 2.91. The van der Waals surface area contributed by atoms with Crippen molar-refractivity contribution in [3.63, 3.8) is 0 Å². The van der Waals surface area contributed by atoms with E-state index in [1.165, 1.54) is 0 Å². The third-order valence-corrected chi connectivity index (χ3v) is 3.44. The van der Waals surface area contributed by atoms with Gasteiger partial charge in [0.1, 0.15) is 11.6 Å². The fraction of sp³-hybridized carbons (Fsp3) is 0.455. The van der Waals surface area contributed by atoms with E-state index in [-0.39, 0.29) is 16.2 Å². The quantitative estimate of drug-likeness (QED) is 0.821. The molecule has 0 unspecified atom stereocenters. The molecule has 0 aromatic heterocycles. The minimum Gasteiger partial charge on any atom is -0.391 e. The third kappa shape index (κ3) is 2.35. The van der Waals surface area contributed by atoms with E-state index in [1.54, 1.807) is 0 Å². The number of aliphatic hydroxyl groups is 1. The van der Waals surface area contributed by atoms with Crippen molar-refractivity contribution in [3.05, 3.63) is 28.2 Å². The lowest BCUT2D eigenvalue weighted by molar-refractivity contribution is 0.171. The molecule has 2 rings (SSSR count). The highest BCUT2D eigenvalue weighted by atomic mass is 79.9. The standard InChI is InChI=1S/C11H12BrF2NO/c12-6-4-8(14)10(5-7(6)13)15-9-2-1-3-11(9)16/h4-5,9,11,15-16H,1-3H2/t9-,11-/m0/s1. The Bertz CT molecular complexity index is 400. The van der Waals surface area contributed by atoms with Crippen molar-refractivity contribution in [2.75, 3.05) is 5.32 Å². The molecule has 1 aliphatic rings. The Balaban J connectivity index is 2.18. The summed E-state index contributed by atoms with van der Waals surface area (Å²) in [6.45, 7) is 0. The lowest BCUT2D eigenvalue weighted by atomic mass is 10.2. The number of rotatable bonds is 2. The predicted molar refractivity (Wildman–Crippen MR) is 61.3 cm³/mol. The Morgan fingerprint density at radius 3 is 2.62 bits per heavy atom. The number of anilines is 1. The lowest BCUT2D eigenvalue weighted by Crippen LogP contribution is -2.28. The van der Waals surface area contributed by atoms with Crippen LogP contribution in [0.15, 0.2) is 16.6 Å². The monoisotopic (exact) mass is 291 g/mol. The molecular formula is C11H12BrF2NO. The maximum atomic E-state index is 13.5. The fourth-order valence-corrected chi connectivity index (χ4v) is 2.26. The summed E-state index contributed by atoms with van der Waals surface area (Å²) in [5, 5.41) is 12.4. The molecule has 1 saturated carbocycles. The van der Waals surface area contributed by atoms with Crippen LogP contribution in [0.2, 0.25) is 0 Å². The molecule has 0 heterocycles. The first-order valence-corrected chi connectivity index (χ1v) is 5.96. The van der Waals surface area contributed by atoms with Crippen molar-refractivity contribution in [2.45, 2.75) is 31.4 Å². The summed E-state index contributed by atoms with van der Waals surface area (Å²) in [6, 6.07) is 2.00. The Morgan fingerprint density at radius 2 is 2.00 bits per heavy atom. The number of halogens is 3. The molecule has 1 fully saturated rings. The molecule has 2 N–H and O–H groups in total. The van der Waals surface area contributed by atoms with E-state index < -0.39 is 17.7 Å². The van der Waals surface area contributed by atoms with Gasteiger partial charge in [-0.25, -0.2) is 8.78 Å². The van der Waals surface area contributed by atoms with Crippen molar-refractivity contribution in [2.24, 2.45) is 0 Å². The van der Waals surface area contributed by atoms with E-state index in [9.17, 15) is 13.9 Å². The highest BCUT2D eigenvalue weighted by Gasteiger charge is 2.25. The summed E-state index contributed by atoms with van der Waals surface area (Å²) in [4.78, 5) is 0. The second-order valence-corrected chi connectivity index (χ2v) is 4.85. The molecule has 0 radical (unpaired) electrons. The molecular weight excluding hydrogens is 280 g/mol. The second kappa shape index (κ2) is 4.67. The molecule has 0 spiro atoms. The SMILES string of the molecule is O[C@H]1CCC[C@@H]1Nc1cc(F)c(Br)cc1F. The van der Waals surface area contributed by atoms with Crippen LogP contribution in [0.3, 0.4) is 0 Å². The average molecular weight is 292 g/mol. The second-order valence-electron chi connectivity index (χ2n) is 4.00. The lowest BCUT2D eigenvalue weighted by Gasteiger charge is -2.18. The van der Waals surface area contributed by atoms with Gasteiger partial charge in [0.2, 0.25) is 0 Å². The van der Waals surface area contributed by atoms with Gasteiger partial charge in [-0.1, -0.05) is 0 Å². The zero-order chi connectivity index (χ0) is 11.7. The summed E-state index contributed by atoms with van der Waals surface area (Å²) in [6.07, 6.45) is 1.90. The number of aliphatic hydroxyl groups excluding tert-OH is 1. The summed E-state index contributed by atoms with van der Waals surface area (Å²) in [7, 11) is 0. The van der Waals surface area contributed by atoms with Gasteiger partial charge in [0.15, 0.2) is 0 Å². The van der Waals surface area contributed by atoms with E-state index in [0.29, 0.717) is 6.42 Å². The Hall–Kier alpha value is -0.680. The van der Waals surface area contributed by atoms with Crippen molar-refractivity contribution in [1.29, 1.82) is 0 Å². The molecule has 88 valence electrons. The van der Waals surface area contributed by atoms with Gasteiger partial charge >= 0.3 is 0 Å². The van der Waals surface area contributed by atoms with Gasteiger partial charge in [-0.3, -0.25) is 0 Å². The highest BCUT2D eigenvalue weighted by molar-refractivity contribution is 9.10. The van der Waals surface area contributed by atoms with E-state index in [0.717, 1.165) is 25.0 Å². The Kier molecular flexibility index (Phi) is 3.44. The zero-order valence-electron chi connectivity index (χ0n) is 8.51. The van der Waals surface area contributed by atoms with E-state index in [1.807, 2.05) is 0 Å². The minimum absolute atomic E-state index is 0.0996. The van der Waals surface area contributed by atoms with Crippen LogP contribution in [-0.4, -0.2) is 17.3 Å². The average Bonchev–Trinajstić information content (AvgIpc) is 2.61. The van der Waals surface area contributed by atoms with Gasteiger partial charge in [0.25, 0.3) is 0 Å². The van der Waals surface area contributed by atoms with Crippen LogP contribution in [0, 0.1) is 11.6 Å². The van der Waals surface area contributed by atoms with Crippen molar-refractivity contribution >= 4 is 21.6 Å². The van der Waals surface area contributed by atoms with Crippen LogP contribution < -0.4 is 5.32 Å². The van der Waals surface area contributed by atoms with Gasteiger partial charge in [-0.05, 0) is 41.3 Å². The first-order valence-electron chi connectivity index (χ1n) is 5.17. The fourth-order valence-electron chi connectivity index (χ4n) is 1.94. The van der Waals surface area contributed by atoms with Crippen molar-refractivity contribution in [1.82, 2.24) is 0 Å². The Labute approximate surface area is 101 Å². The topological polar surface area (TPSA) is 32.3 Å². The Morgan fingerprint density at radius 1 is 1.25 bits per heavy atom. The highest BCUT2D eigenvalue weighted by Crippen LogP contribution is 2.27. The van der Waals surface area contributed by atoms with Gasteiger partial charge in [-0.2, -0.15) is 0 Å². The summed E-state index contributed by atoms with van der Waals surface area (Å²) in [5.74, 6) is -1.04. The molecule has 0 saturated heterocycles. The number of benzene rings is 1. The molecule has 1 aliphatic carbocycles.